The largest absolute Gasteiger partial charge is 0.326 e. The molecule has 21 heavy (non-hydrogen) atoms. The summed E-state index contributed by atoms with van der Waals surface area (Å²) in [6, 6.07) is 7.47. The Morgan fingerprint density at radius 2 is 1.90 bits per heavy atom. The van der Waals surface area contributed by atoms with E-state index in [1.54, 1.807) is 0 Å². The lowest BCUT2D eigenvalue weighted by molar-refractivity contribution is 0.168. The van der Waals surface area contributed by atoms with E-state index in [0.29, 0.717) is 18.0 Å². The zero-order valence-corrected chi connectivity index (χ0v) is 16.0. The van der Waals surface area contributed by atoms with Crippen LogP contribution >= 0.6 is 34.2 Å². The Kier molecular flexibility index (Phi) is 5.91. The van der Waals surface area contributed by atoms with E-state index >= 15 is 0 Å². The molecule has 2 aromatic rings. The molecule has 0 aliphatic heterocycles. The molecule has 0 radical (unpaired) electrons. The van der Waals surface area contributed by atoms with Gasteiger partial charge in [-0.15, -0.1) is 11.6 Å². The summed E-state index contributed by atoms with van der Waals surface area (Å²) in [4.78, 5) is 7.16. The summed E-state index contributed by atoms with van der Waals surface area (Å²) in [5.74, 6) is 1.41. The van der Waals surface area contributed by atoms with Gasteiger partial charge in [-0.1, -0.05) is 0 Å². The number of rotatable bonds is 6. The van der Waals surface area contributed by atoms with E-state index in [2.05, 4.69) is 82.9 Å². The smallest absolute Gasteiger partial charge is 0.124 e. The molecule has 0 unspecified atom stereocenters. The van der Waals surface area contributed by atoms with Gasteiger partial charge in [-0.25, -0.2) is 4.98 Å². The lowest BCUT2D eigenvalue weighted by atomic mass is 10.2. The molecule has 2 rings (SSSR count). The monoisotopic (exact) mass is 419 g/mol. The fourth-order valence-electron chi connectivity index (χ4n) is 2.83. The summed E-state index contributed by atoms with van der Waals surface area (Å²) in [7, 11) is 0. The number of hydrogen-bond acceptors (Lipinski definition) is 2. The van der Waals surface area contributed by atoms with Gasteiger partial charge >= 0.3 is 0 Å². The second kappa shape index (κ2) is 7.29. The van der Waals surface area contributed by atoms with Crippen LogP contribution in [0.3, 0.4) is 0 Å². The average Bonchev–Trinajstić information content (AvgIpc) is 2.75. The predicted octanol–water partition coefficient (Wildman–Crippen LogP) is 4.50. The molecular formula is C16H23ClIN3. The van der Waals surface area contributed by atoms with Gasteiger partial charge in [-0.2, -0.15) is 0 Å². The summed E-state index contributed by atoms with van der Waals surface area (Å²) in [5.41, 5.74) is 2.22. The van der Waals surface area contributed by atoms with Crippen LogP contribution in [0.25, 0.3) is 11.0 Å². The van der Waals surface area contributed by atoms with Crippen LogP contribution in [0.1, 0.15) is 33.5 Å². The molecule has 0 aliphatic carbocycles. The molecular weight excluding hydrogens is 397 g/mol. The van der Waals surface area contributed by atoms with Gasteiger partial charge in [0.15, 0.2) is 0 Å². The Bertz CT molecular complexity index is 599. The number of halogens is 2. The van der Waals surface area contributed by atoms with E-state index in [4.69, 9.17) is 11.6 Å². The highest BCUT2D eigenvalue weighted by molar-refractivity contribution is 14.1. The molecule has 3 nitrogen and oxygen atoms in total. The van der Waals surface area contributed by atoms with Crippen LogP contribution in [0, 0.1) is 3.57 Å². The van der Waals surface area contributed by atoms with Crippen molar-refractivity contribution in [3.63, 3.8) is 0 Å². The van der Waals surface area contributed by atoms with Gasteiger partial charge in [0.25, 0.3) is 0 Å². The number of benzene rings is 1. The minimum atomic E-state index is 0.453. The number of nitrogens with zero attached hydrogens (tertiary/aromatic N) is 3. The first-order chi connectivity index (χ1) is 9.93. The molecule has 0 aliphatic rings. The molecule has 1 aromatic heterocycles. The summed E-state index contributed by atoms with van der Waals surface area (Å²) in [6.45, 7) is 10.9. The van der Waals surface area contributed by atoms with Crippen molar-refractivity contribution in [2.24, 2.45) is 0 Å². The number of imidazole rings is 1. The van der Waals surface area contributed by atoms with Gasteiger partial charge in [0.1, 0.15) is 5.82 Å². The zero-order valence-electron chi connectivity index (χ0n) is 13.1. The quantitative estimate of drug-likeness (QED) is 0.508. The topological polar surface area (TPSA) is 21.1 Å². The second-order valence-corrected chi connectivity index (χ2v) is 7.38. The van der Waals surface area contributed by atoms with Crippen molar-refractivity contribution in [1.82, 2.24) is 14.5 Å². The van der Waals surface area contributed by atoms with E-state index in [0.717, 1.165) is 24.4 Å². The van der Waals surface area contributed by atoms with Crippen LogP contribution in [0.15, 0.2) is 18.2 Å². The fourth-order valence-corrected chi connectivity index (χ4v) is 3.51. The molecule has 0 amide bonds. The number of alkyl halides is 1. The molecule has 0 spiro atoms. The fraction of sp³-hybridized carbons (Fsp3) is 0.562. The number of fused-ring (bicyclic) bond motifs is 1. The van der Waals surface area contributed by atoms with Crippen molar-refractivity contribution in [3.8, 4) is 0 Å². The molecule has 1 aromatic carbocycles. The van der Waals surface area contributed by atoms with Crippen molar-refractivity contribution < 1.29 is 0 Å². The first kappa shape index (κ1) is 17.0. The van der Waals surface area contributed by atoms with Gasteiger partial charge in [0.2, 0.25) is 0 Å². The first-order valence-corrected chi connectivity index (χ1v) is 9.01. The normalized spacial score (nSPS) is 12.2. The standard InChI is InChI=1S/C16H23ClIN3/c1-11(2)20(12(3)4)7-8-21-15-6-5-13(18)9-14(15)19-16(21)10-17/h5-6,9,11-12H,7-8,10H2,1-4H3. The maximum Gasteiger partial charge on any atom is 0.124 e. The van der Waals surface area contributed by atoms with Gasteiger partial charge in [0.05, 0.1) is 16.9 Å². The number of hydrogen-bond donors (Lipinski definition) is 0. The molecule has 0 fully saturated rings. The van der Waals surface area contributed by atoms with Crippen LogP contribution in [0.4, 0.5) is 0 Å². The third-order valence-electron chi connectivity index (χ3n) is 3.82. The molecule has 0 atom stereocenters. The van der Waals surface area contributed by atoms with Gasteiger partial charge in [0, 0.05) is 28.7 Å². The Hall–Kier alpha value is -0.330. The van der Waals surface area contributed by atoms with E-state index in [1.165, 1.54) is 9.09 Å². The summed E-state index contributed by atoms with van der Waals surface area (Å²) in [6.07, 6.45) is 0. The van der Waals surface area contributed by atoms with Crippen LogP contribution in [-0.4, -0.2) is 33.1 Å². The first-order valence-electron chi connectivity index (χ1n) is 7.40. The summed E-state index contributed by atoms with van der Waals surface area (Å²) in [5, 5.41) is 0. The highest BCUT2D eigenvalue weighted by Crippen LogP contribution is 2.20. The van der Waals surface area contributed by atoms with Crippen molar-refractivity contribution in [1.29, 1.82) is 0 Å². The molecule has 116 valence electrons. The molecule has 0 saturated heterocycles. The highest BCUT2D eigenvalue weighted by Gasteiger charge is 2.15. The zero-order chi connectivity index (χ0) is 15.6. The van der Waals surface area contributed by atoms with Gasteiger partial charge in [-0.3, -0.25) is 4.90 Å². The third kappa shape index (κ3) is 3.90. The van der Waals surface area contributed by atoms with E-state index in [-0.39, 0.29) is 0 Å². The minimum absolute atomic E-state index is 0.453. The molecule has 0 bridgehead atoms. The van der Waals surface area contributed by atoms with Gasteiger partial charge in [-0.05, 0) is 68.5 Å². The Balaban J connectivity index is 2.28. The van der Waals surface area contributed by atoms with Crippen LogP contribution in [0.5, 0.6) is 0 Å². The Labute approximate surface area is 145 Å². The Morgan fingerprint density at radius 3 is 2.48 bits per heavy atom. The lowest BCUT2D eigenvalue weighted by Gasteiger charge is -2.30. The molecule has 0 N–H and O–H groups in total. The molecule has 1 heterocycles. The maximum atomic E-state index is 6.08. The predicted molar refractivity (Wildman–Crippen MR) is 99.0 cm³/mol. The Morgan fingerprint density at radius 1 is 1.24 bits per heavy atom. The van der Waals surface area contributed by atoms with Crippen molar-refractivity contribution in [2.75, 3.05) is 6.54 Å². The van der Waals surface area contributed by atoms with Gasteiger partial charge < -0.3 is 4.57 Å². The molecule has 5 heteroatoms. The van der Waals surface area contributed by atoms with Crippen LogP contribution < -0.4 is 0 Å². The summed E-state index contributed by atoms with van der Waals surface area (Å²) >= 11 is 8.40. The van der Waals surface area contributed by atoms with E-state index < -0.39 is 0 Å². The SMILES string of the molecule is CC(C)N(CCn1c(CCl)nc2cc(I)ccc21)C(C)C. The third-order valence-corrected chi connectivity index (χ3v) is 4.73. The van der Waals surface area contributed by atoms with E-state index in [9.17, 15) is 0 Å². The highest BCUT2D eigenvalue weighted by atomic mass is 127. The van der Waals surface area contributed by atoms with Crippen LogP contribution in [0.2, 0.25) is 0 Å². The number of aromatic nitrogens is 2. The minimum Gasteiger partial charge on any atom is -0.326 e. The summed E-state index contributed by atoms with van der Waals surface area (Å²) < 4.78 is 3.47. The second-order valence-electron chi connectivity index (χ2n) is 5.87. The molecule has 0 saturated carbocycles. The van der Waals surface area contributed by atoms with Crippen molar-refractivity contribution in [3.05, 3.63) is 27.6 Å². The maximum absolute atomic E-state index is 6.08. The average molecular weight is 420 g/mol. The van der Waals surface area contributed by atoms with Crippen molar-refractivity contribution in [2.45, 2.75) is 52.2 Å². The lowest BCUT2D eigenvalue weighted by Crippen LogP contribution is -2.39. The van der Waals surface area contributed by atoms with E-state index in [1.807, 2.05) is 0 Å². The van der Waals surface area contributed by atoms with Crippen LogP contribution in [-0.2, 0) is 12.4 Å². The van der Waals surface area contributed by atoms with Crippen molar-refractivity contribution >= 4 is 45.2 Å².